The standard InChI is InChI=1S/C33H37N2OP.C5H7/c1-7-19-34(20-8-2)26-15-17-29-31(23-26)37(6,36)32-24-27(35(21-9-3)22-10-4)16-18-30(32)33(29)28-14-12-11-13-25(28)5;1-2-5-3-4-5/h7-18,23-24,33H,1-4,19-22H2,5-6H3;3-4H,2H2,1H3. The van der Waals surface area contributed by atoms with Crippen LogP contribution in [0.15, 0.2) is 123 Å². The molecule has 3 nitrogen and oxygen atoms in total. The Labute approximate surface area is 253 Å². The van der Waals surface area contributed by atoms with Crippen LogP contribution in [0.4, 0.5) is 11.4 Å². The predicted molar refractivity (Wildman–Crippen MR) is 186 cm³/mol. The molecule has 4 heteroatoms. The largest absolute Gasteiger partial charge is 0.364 e. The summed E-state index contributed by atoms with van der Waals surface area (Å²) in [5.74, 6) is 0.0100. The van der Waals surface area contributed by atoms with Crippen molar-refractivity contribution < 1.29 is 4.57 Å². The fourth-order valence-electron chi connectivity index (χ4n) is 5.72. The van der Waals surface area contributed by atoms with Gasteiger partial charge in [0.2, 0.25) is 0 Å². The van der Waals surface area contributed by atoms with Crippen LogP contribution in [0.25, 0.3) is 0 Å². The summed E-state index contributed by atoms with van der Waals surface area (Å²) in [5.41, 5.74) is 8.28. The average molecular weight is 576 g/mol. The van der Waals surface area contributed by atoms with Crippen LogP contribution in [0.3, 0.4) is 0 Å². The van der Waals surface area contributed by atoms with Crippen LogP contribution in [0.5, 0.6) is 0 Å². The number of anilines is 2. The van der Waals surface area contributed by atoms with Gasteiger partial charge in [-0.05, 0) is 66.5 Å². The molecular formula is C38H44N2OP. The molecule has 42 heavy (non-hydrogen) atoms. The van der Waals surface area contributed by atoms with Crippen LogP contribution in [-0.2, 0) is 4.57 Å². The van der Waals surface area contributed by atoms with Crippen molar-refractivity contribution in [3.63, 3.8) is 0 Å². The molecule has 3 aromatic rings. The molecule has 0 N–H and O–H groups in total. The molecule has 0 saturated carbocycles. The van der Waals surface area contributed by atoms with Crippen LogP contribution >= 0.6 is 7.14 Å². The van der Waals surface area contributed by atoms with Gasteiger partial charge in [0.05, 0.1) is 0 Å². The maximum Gasteiger partial charge on any atom is 0.141 e. The van der Waals surface area contributed by atoms with Gasteiger partial charge in [-0.3, -0.25) is 0 Å². The van der Waals surface area contributed by atoms with Crippen LogP contribution in [0.1, 0.15) is 41.5 Å². The lowest BCUT2D eigenvalue weighted by atomic mass is 9.82. The van der Waals surface area contributed by atoms with Crippen molar-refractivity contribution in [3.05, 3.63) is 152 Å². The van der Waals surface area contributed by atoms with Crippen molar-refractivity contribution in [1.29, 1.82) is 0 Å². The molecule has 0 saturated heterocycles. The third-order valence-electron chi connectivity index (χ3n) is 8.01. The number of allylic oxidation sites excluding steroid dienone is 2. The number of aryl methyl sites for hydroxylation is 1. The number of benzene rings is 3. The average Bonchev–Trinajstić information content (AvgIpc) is 3.83. The van der Waals surface area contributed by atoms with Gasteiger partial charge in [-0.25, -0.2) is 0 Å². The predicted octanol–water partition coefficient (Wildman–Crippen LogP) is 8.33. The lowest BCUT2D eigenvalue weighted by Crippen LogP contribution is -2.34. The molecular weight excluding hydrogens is 531 g/mol. The van der Waals surface area contributed by atoms with Gasteiger partial charge >= 0.3 is 0 Å². The molecule has 0 unspecified atom stereocenters. The van der Waals surface area contributed by atoms with Crippen molar-refractivity contribution in [2.45, 2.75) is 26.2 Å². The van der Waals surface area contributed by atoms with Crippen LogP contribution in [0, 0.1) is 13.3 Å². The lowest BCUT2D eigenvalue weighted by molar-refractivity contribution is 0.589. The summed E-state index contributed by atoms with van der Waals surface area (Å²) in [7, 11) is -2.91. The first-order valence-electron chi connectivity index (χ1n) is 14.7. The van der Waals surface area contributed by atoms with Crippen LogP contribution in [0.2, 0.25) is 0 Å². The maximum atomic E-state index is 14.8. The number of hydrogen-bond donors (Lipinski definition) is 0. The Balaban J connectivity index is 0.000000732. The summed E-state index contributed by atoms with van der Waals surface area (Å²) in [6, 6.07) is 21.4. The van der Waals surface area contributed by atoms with Gasteiger partial charge in [-0.1, -0.05) is 79.3 Å². The van der Waals surface area contributed by atoms with E-state index in [1.807, 2.05) is 31.0 Å². The van der Waals surface area contributed by atoms with Crippen LogP contribution in [-0.4, -0.2) is 32.8 Å². The summed E-state index contributed by atoms with van der Waals surface area (Å²) >= 11 is 0. The lowest BCUT2D eigenvalue weighted by Gasteiger charge is -2.36. The van der Waals surface area contributed by atoms with E-state index in [1.54, 1.807) is 0 Å². The summed E-state index contributed by atoms with van der Waals surface area (Å²) in [6.07, 6.45) is 13.1. The third kappa shape index (κ3) is 6.63. The highest BCUT2D eigenvalue weighted by Crippen LogP contribution is 2.51. The molecule has 1 heterocycles. The zero-order chi connectivity index (χ0) is 30.3. The topological polar surface area (TPSA) is 23.6 Å². The minimum absolute atomic E-state index is 0.0100. The zero-order valence-electron chi connectivity index (χ0n) is 25.4. The summed E-state index contributed by atoms with van der Waals surface area (Å²) in [6.45, 7) is 24.7. The Morgan fingerprint density at radius 3 is 1.55 bits per heavy atom. The van der Waals surface area contributed by atoms with Crippen molar-refractivity contribution in [2.75, 3.05) is 42.6 Å². The number of fused-ring (bicyclic) bond motifs is 2. The Hall–Kier alpha value is -3.81. The van der Waals surface area contributed by atoms with Crippen molar-refractivity contribution in [1.82, 2.24) is 0 Å². The highest BCUT2D eigenvalue weighted by Gasteiger charge is 2.39. The van der Waals surface area contributed by atoms with Gasteiger partial charge in [0.15, 0.2) is 0 Å². The molecule has 0 atom stereocenters. The molecule has 0 spiro atoms. The smallest absolute Gasteiger partial charge is 0.141 e. The molecule has 1 aliphatic carbocycles. The molecule has 0 aromatic heterocycles. The van der Waals surface area contributed by atoms with E-state index in [0.717, 1.165) is 33.1 Å². The van der Waals surface area contributed by atoms with E-state index < -0.39 is 7.14 Å². The van der Waals surface area contributed by atoms with E-state index in [9.17, 15) is 4.57 Å². The van der Waals surface area contributed by atoms with Crippen molar-refractivity contribution in [2.24, 2.45) is 0 Å². The minimum atomic E-state index is -2.91. The fourth-order valence-corrected chi connectivity index (χ4v) is 8.13. The molecule has 2 aliphatic rings. The highest BCUT2D eigenvalue weighted by molar-refractivity contribution is 7.78. The fraction of sp³-hybridized carbons (Fsp3) is 0.237. The van der Waals surface area contributed by atoms with Crippen LogP contribution < -0.4 is 20.4 Å². The van der Waals surface area contributed by atoms with E-state index >= 15 is 0 Å². The van der Waals surface area contributed by atoms with Gasteiger partial charge < -0.3 is 14.4 Å². The van der Waals surface area contributed by atoms with E-state index in [0.29, 0.717) is 26.2 Å². The zero-order valence-corrected chi connectivity index (χ0v) is 26.3. The molecule has 3 aromatic carbocycles. The third-order valence-corrected chi connectivity index (χ3v) is 10.6. The van der Waals surface area contributed by atoms with Gasteiger partial charge in [-0.2, -0.15) is 0 Å². The summed E-state index contributed by atoms with van der Waals surface area (Å²) < 4.78 is 14.8. The van der Waals surface area contributed by atoms with E-state index in [4.69, 9.17) is 0 Å². The second-order valence-corrected chi connectivity index (χ2v) is 13.7. The maximum absolute atomic E-state index is 14.8. The van der Waals surface area contributed by atoms with Gasteiger partial charge in [0, 0.05) is 60.5 Å². The normalized spacial score (nSPS) is 17.8. The van der Waals surface area contributed by atoms with E-state index in [1.165, 1.54) is 23.1 Å². The molecule has 1 aliphatic heterocycles. The summed E-state index contributed by atoms with van der Waals surface area (Å²) in [4.78, 5) is 4.40. The number of nitrogens with zero attached hydrogens (tertiary/aromatic N) is 2. The van der Waals surface area contributed by atoms with Gasteiger partial charge in [0.1, 0.15) is 7.14 Å². The SMILES string of the molecule is C=CCN(CC=C)c1ccc2c(c1)P(C)(=O)c1cc(N(CC=C)CC=C)ccc1C2c1ccccc1C.CCC1=C[CH]1. The molecule has 1 radical (unpaired) electrons. The molecule has 0 amide bonds. The minimum Gasteiger partial charge on any atom is -0.364 e. The second-order valence-electron chi connectivity index (χ2n) is 10.9. The highest BCUT2D eigenvalue weighted by atomic mass is 31.2. The van der Waals surface area contributed by atoms with E-state index in [-0.39, 0.29) is 5.92 Å². The van der Waals surface area contributed by atoms with Gasteiger partial charge in [-0.15, -0.1) is 26.3 Å². The Morgan fingerprint density at radius 2 is 1.19 bits per heavy atom. The Bertz CT molecular complexity index is 1450. The summed E-state index contributed by atoms with van der Waals surface area (Å²) in [5, 5.41) is 1.86. The Morgan fingerprint density at radius 1 is 0.738 bits per heavy atom. The van der Waals surface area contributed by atoms with E-state index in [2.05, 4.69) is 123 Å². The number of rotatable bonds is 12. The molecule has 0 bridgehead atoms. The van der Waals surface area contributed by atoms with Crippen molar-refractivity contribution in [3.8, 4) is 0 Å². The Kier molecular flexibility index (Phi) is 10.3. The second kappa shape index (κ2) is 13.9. The number of hydrogen-bond acceptors (Lipinski definition) is 3. The molecule has 217 valence electrons. The quantitative estimate of drug-likeness (QED) is 0.160. The van der Waals surface area contributed by atoms with Gasteiger partial charge in [0.25, 0.3) is 0 Å². The monoisotopic (exact) mass is 575 g/mol. The first-order valence-corrected chi connectivity index (χ1v) is 16.8. The molecule has 5 rings (SSSR count). The first kappa shape index (κ1) is 31.1. The first-order chi connectivity index (χ1) is 20.3. The van der Waals surface area contributed by atoms with Crippen molar-refractivity contribution >= 4 is 29.1 Å². The molecule has 0 fully saturated rings.